The van der Waals surface area contributed by atoms with Crippen molar-refractivity contribution < 1.29 is 9.59 Å². The lowest BCUT2D eigenvalue weighted by Crippen LogP contribution is -2.52. The molecule has 118 valence electrons. The van der Waals surface area contributed by atoms with E-state index >= 15 is 0 Å². The maximum absolute atomic E-state index is 12.6. The van der Waals surface area contributed by atoms with Gasteiger partial charge in [0.15, 0.2) is 0 Å². The summed E-state index contributed by atoms with van der Waals surface area (Å²) in [7, 11) is 0. The predicted octanol–water partition coefficient (Wildman–Crippen LogP) is 0.444. The van der Waals surface area contributed by atoms with Crippen LogP contribution in [0.3, 0.4) is 0 Å². The Labute approximate surface area is 134 Å². The minimum atomic E-state index is -0.662. The van der Waals surface area contributed by atoms with Gasteiger partial charge in [0.05, 0.1) is 5.56 Å². The first kappa shape index (κ1) is 15.3. The van der Waals surface area contributed by atoms with E-state index in [0.717, 1.165) is 13.1 Å². The molecule has 0 radical (unpaired) electrons. The van der Waals surface area contributed by atoms with Crippen LogP contribution in [-0.4, -0.2) is 70.3 Å². The highest BCUT2D eigenvalue weighted by Crippen LogP contribution is 2.23. The molecule has 2 aliphatic heterocycles. The van der Waals surface area contributed by atoms with Gasteiger partial charge in [0.2, 0.25) is 0 Å². The van der Waals surface area contributed by atoms with Crippen molar-refractivity contribution in [1.82, 2.24) is 14.8 Å². The van der Waals surface area contributed by atoms with Gasteiger partial charge in [-0.15, -0.1) is 0 Å². The minimum absolute atomic E-state index is 0.0575. The van der Waals surface area contributed by atoms with E-state index in [1.54, 1.807) is 17.0 Å². The van der Waals surface area contributed by atoms with Crippen LogP contribution in [0.5, 0.6) is 0 Å². The maximum Gasteiger partial charge on any atom is 0.268 e. The van der Waals surface area contributed by atoms with Crippen LogP contribution in [0.2, 0.25) is 0 Å². The van der Waals surface area contributed by atoms with Crippen LogP contribution < -0.4 is 5.73 Å². The number of nitrogens with two attached hydrogens (primary N) is 1. The molecular weight excluding hydrogens is 300 g/mol. The molecule has 2 saturated heterocycles. The van der Waals surface area contributed by atoms with Crippen molar-refractivity contribution in [1.29, 1.82) is 0 Å². The molecule has 22 heavy (non-hydrogen) atoms. The predicted molar refractivity (Wildman–Crippen MR) is 86.0 cm³/mol. The first-order chi connectivity index (χ1) is 10.7. The lowest BCUT2D eigenvalue weighted by atomic mass is 10.1. The van der Waals surface area contributed by atoms with Crippen LogP contribution in [0.4, 0.5) is 0 Å². The van der Waals surface area contributed by atoms with Gasteiger partial charge in [-0.1, -0.05) is 0 Å². The van der Waals surface area contributed by atoms with Crippen LogP contribution in [0.1, 0.15) is 27.3 Å². The zero-order chi connectivity index (χ0) is 15.5. The van der Waals surface area contributed by atoms with Crippen molar-refractivity contribution in [2.24, 2.45) is 5.73 Å². The number of rotatable bonds is 3. The second-order valence-corrected chi connectivity index (χ2v) is 6.76. The second kappa shape index (κ2) is 6.66. The zero-order valence-electron chi connectivity index (χ0n) is 12.4. The molecular formula is C15H20N4O2S. The number of nitrogens with zero attached hydrogens (tertiary/aromatic N) is 3. The van der Waals surface area contributed by atoms with E-state index in [2.05, 4.69) is 9.88 Å². The molecule has 1 atom stereocenters. The van der Waals surface area contributed by atoms with E-state index in [1.807, 2.05) is 11.8 Å². The monoisotopic (exact) mass is 320 g/mol. The van der Waals surface area contributed by atoms with Crippen molar-refractivity contribution in [2.45, 2.75) is 12.5 Å². The highest BCUT2D eigenvalue weighted by molar-refractivity contribution is 7.99. The molecule has 2 fully saturated rings. The Hall–Kier alpha value is -1.60. The summed E-state index contributed by atoms with van der Waals surface area (Å²) in [6, 6.07) is 3.93. The molecule has 6 nitrogen and oxygen atoms in total. The summed E-state index contributed by atoms with van der Waals surface area (Å²) in [6.07, 6.45) is 2.72. The summed E-state index contributed by atoms with van der Waals surface area (Å²) in [5.41, 5.74) is 5.67. The Morgan fingerprint density at radius 2 is 2.05 bits per heavy atom. The molecule has 0 saturated carbocycles. The van der Waals surface area contributed by atoms with Gasteiger partial charge < -0.3 is 10.6 Å². The molecule has 2 N–H and O–H groups in total. The maximum atomic E-state index is 12.6. The molecule has 1 aromatic heterocycles. The molecule has 0 aliphatic carbocycles. The lowest BCUT2D eigenvalue weighted by Gasteiger charge is -2.37. The normalized spacial score (nSPS) is 22.7. The minimum Gasteiger partial charge on any atom is -0.364 e. The fraction of sp³-hybridized carbons (Fsp3) is 0.533. The summed E-state index contributed by atoms with van der Waals surface area (Å²) in [5.74, 6) is 1.62. The summed E-state index contributed by atoms with van der Waals surface area (Å²) >= 11 is 2.00. The number of aromatic nitrogens is 1. The number of amides is 2. The second-order valence-electron chi connectivity index (χ2n) is 5.61. The highest BCUT2D eigenvalue weighted by atomic mass is 32.2. The number of carbonyl (C=O) groups excluding carboxylic acids is 2. The molecule has 1 aromatic rings. The Morgan fingerprint density at radius 1 is 1.27 bits per heavy atom. The Kier molecular flexibility index (Phi) is 4.63. The van der Waals surface area contributed by atoms with Gasteiger partial charge in [-0.25, -0.2) is 0 Å². The lowest BCUT2D eigenvalue weighted by molar-refractivity contribution is 0.0585. The third kappa shape index (κ3) is 3.10. The van der Waals surface area contributed by atoms with E-state index in [0.29, 0.717) is 24.7 Å². The fourth-order valence-electron chi connectivity index (χ4n) is 3.04. The highest BCUT2D eigenvalue weighted by Gasteiger charge is 2.29. The molecule has 0 bridgehead atoms. The van der Waals surface area contributed by atoms with Gasteiger partial charge in [0.25, 0.3) is 11.8 Å². The molecule has 1 unspecified atom stereocenters. The van der Waals surface area contributed by atoms with Gasteiger partial charge in [-0.3, -0.25) is 19.5 Å². The van der Waals surface area contributed by atoms with Crippen LogP contribution in [0.15, 0.2) is 18.3 Å². The quantitative estimate of drug-likeness (QED) is 0.874. The number of hydrogen-bond acceptors (Lipinski definition) is 5. The molecule has 7 heteroatoms. The molecule has 0 spiro atoms. The number of pyridine rings is 1. The van der Waals surface area contributed by atoms with Gasteiger partial charge in [-0.05, 0) is 24.3 Å². The van der Waals surface area contributed by atoms with E-state index in [1.165, 1.54) is 24.1 Å². The Balaban J connectivity index is 1.66. The zero-order valence-corrected chi connectivity index (χ0v) is 13.2. The van der Waals surface area contributed by atoms with E-state index < -0.39 is 5.91 Å². The number of hydrogen-bond donors (Lipinski definition) is 1. The fourth-order valence-corrected chi connectivity index (χ4v) is 4.30. The Bertz CT molecular complexity index is 566. The van der Waals surface area contributed by atoms with E-state index in [-0.39, 0.29) is 11.6 Å². The first-order valence-electron chi connectivity index (χ1n) is 7.52. The smallest absolute Gasteiger partial charge is 0.268 e. The number of carbonyl (C=O) groups is 2. The van der Waals surface area contributed by atoms with Gasteiger partial charge >= 0.3 is 0 Å². The number of thioether (sulfide) groups is 1. The average molecular weight is 320 g/mol. The van der Waals surface area contributed by atoms with Crippen molar-refractivity contribution in [3.05, 3.63) is 29.6 Å². The number of primary amides is 1. The van der Waals surface area contributed by atoms with Crippen LogP contribution in [0.25, 0.3) is 0 Å². The summed E-state index contributed by atoms with van der Waals surface area (Å²) in [4.78, 5) is 32.2. The van der Waals surface area contributed by atoms with E-state index in [4.69, 9.17) is 5.73 Å². The van der Waals surface area contributed by atoms with Crippen LogP contribution >= 0.6 is 11.8 Å². The van der Waals surface area contributed by atoms with Crippen molar-refractivity contribution in [2.75, 3.05) is 37.7 Å². The van der Waals surface area contributed by atoms with Gasteiger partial charge in [-0.2, -0.15) is 11.8 Å². The SMILES string of the molecule is NC(=O)c1ncccc1C(=O)N1CCN(C2CCSC2)CC1. The third-order valence-electron chi connectivity index (χ3n) is 4.30. The van der Waals surface area contributed by atoms with E-state index in [9.17, 15) is 9.59 Å². The summed E-state index contributed by atoms with van der Waals surface area (Å²) in [6.45, 7) is 3.16. The van der Waals surface area contributed by atoms with Crippen LogP contribution in [-0.2, 0) is 0 Å². The number of piperazine rings is 1. The summed E-state index contributed by atoms with van der Waals surface area (Å²) < 4.78 is 0. The molecule has 3 heterocycles. The third-order valence-corrected chi connectivity index (χ3v) is 5.44. The molecule has 2 aliphatic rings. The first-order valence-corrected chi connectivity index (χ1v) is 8.68. The van der Waals surface area contributed by atoms with Crippen LogP contribution in [0, 0.1) is 0 Å². The van der Waals surface area contributed by atoms with Crippen molar-refractivity contribution in [3.63, 3.8) is 0 Å². The molecule has 0 aromatic carbocycles. The Morgan fingerprint density at radius 3 is 2.68 bits per heavy atom. The molecule has 3 rings (SSSR count). The molecule has 2 amide bonds. The average Bonchev–Trinajstić information content (AvgIpc) is 3.09. The largest absolute Gasteiger partial charge is 0.364 e. The van der Waals surface area contributed by atoms with Gasteiger partial charge in [0.1, 0.15) is 5.69 Å². The van der Waals surface area contributed by atoms with Crippen molar-refractivity contribution >= 4 is 23.6 Å². The standard InChI is InChI=1S/C15H20N4O2S/c16-14(20)13-12(2-1-4-17-13)15(21)19-7-5-18(6-8-19)11-3-9-22-10-11/h1-2,4,11H,3,5-10H2,(H2,16,20). The topological polar surface area (TPSA) is 79.5 Å². The summed E-state index contributed by atoms with van der Waals surface area (Å²) in [5, 5.41) is 0. The van der Waals surface area contributed by atoms with Crippen molar-refractivity contribution in [3.8, 4) is 0 Å². The van der Waals surface area contributed by atoms with Gasteiger partial charge in [0, 0.05) is 44.2 Å².